The quantitative estimate of drug-likeness (QED) is 0.647. The fourth-order valence-corrected chi connectivity index (χ4v) is 2.56. The van der Waals surface area contributed by atoms with E-state index < -0.39 is 5.97 Å². The molecule has 0 aliphatic carbocycles. The SMILES string of the molecule is CCCCOC(=O)c1cc(NC)c2c(Cl)cc(Cl)cc2n1. The number of nitrogens with zero attached hydrogens (tertiary/aromatic N) is 1. The highest BCUT2D eigenvalue weighted by Crippen LogP contribution is 2.33. The molecule has 1 N–H and O–H groups in total. The minimum Gasteiger partial charge on any atom is -0.461 e. The van der Waals surface area contributed by atoms with Crippen molar-refractivity contribution in [3.05, 3.63) is 33.9 Å². The number of benzene rings is 1. The second kappa shape index (κ2) is 6.96. The van der Waals surface area contributed by atoms with Gasteiger partial charge in [0.2, 0.25) is 0 Å². The Kier molecular flexibility index (Phi) is 5.26. The molecular formula is C15H16Cl2N2O2. The van der Waals surface area contributed by atoms with Crippen molar-refractivity contribution in [1.82, 2.24) is 4.98 Å². The number of nitrogens with one attached hydrogen (secondary N) is 1. The zero-order valence-electron chi connectivity index (χ0n) is 11.9. The van der Waals surface area contributed by atoms with Gasteiger partial charge in [0.25, 0.3) is 0 Å². The molecule has 0 saturated carbocycles. The molecule has 21 heavy (non-hydrogen) atoms. The van der Waals surface area contributed by atoms with Crippen LogP contribution in [-0.4, -0.2) is 24.6 Å². The van der Waals surface area contributed by atoms with Crippen molar-refractivity contribution in [2.75, 3.05) is 19.0 Å². The molecule has 6 heteroatoms. The monoisotopic (exact) mass is 326 g/mol. The summed E-state index contributed by atoms with van der Waals surface area (Å²) >= 11 is 12.2. The summed E-state index contributed by atoms with van der Waals surface area (Å²) in [6.45, 7) is 2.42. The minimum atomic E-state index is -0.446. The van der Waals surface area contributed by atoms with E-state index in [1.54, 1.807) is 25.2 Å². The van der Waals surface area contributed by atoms with Crippen molar-refractivity contribution in [2.24, 2.45) is 0 Å². The van der Waals surface area contributed by atoms with E-state index >= 15 is 0 Å². The summed E-state index contributed by atoms with van der Waals surface area (Å²) < 4.78 is 5.18. The van der Waals surface area contributed by atoms with Gasteiger partial charge in [0.15, 0.2) is 5.69 Å². The molecule has 1 heterocycles. The van der Waals surface area contributed by atoms with Gasteiger partial charge in [-0.1, -0.05) is 36.5 Å². The van der Waals surface area contributed by atoms with Crippen LogP contribution in [0.15, 0.2) is 18.2 Å². The van der Waals surface area contributed by atoms with Gasteiger partial charge in [-0.05, 0) is 24.6 Å². The molecule has 1 aromatic heterocycles. The number of pyridine rings is 1. The number of carbonyl (C=O) groups excluding carboxylic acids is 1. The molecule has 2 aromatic rings. The number of carbonyl (C=O) groups is 1. The van der Waals surface area contributed by atoms with Gasteiger partial charge >= 0.3 is 5.97 Å². The molecule has 0 aliphatic heterocycles. The van der Waals surface area contributed by atoms with Gasteiger partial charge in [0, 0.05) is 23.1 Å². The Hall–Kier alpha value is -1.52. The first kappa shape index (κ1) is 15.9. The predicted octanol–water partition coefficient (Wildman–Crippen LogP) is 4.54. The maximum atomic E-state index is 12.0. The van der Waals surface area contributed by atoms with Crippen LogP contribution in [-0.2, 0) is 4.74 Å². The fourth-order valence-electron chi connectivity index (χ4n) is 1.97. The van der Waals surface area contributed by atoms with Crippen LogP contribution in [0.1, 0.15) is 30.3 Å². The summed E-state index contributed by atoms with van der Waals surface area (Å²) in [4.78, 5) is 16.3. The summed E-state index contributed by atoms with van der Waals surface area (Å²) in [5, 5.41) is 4.70. The van der Waals surface area contributed by atoms with Gasteiger partial charge in [-0.25, -0.2) is 9.78 Å². The van der Waals surface area contributed by atoms with E-state index in [0.717, 1.165) is 18.2 Å². The average Bonchev–Trinajstić information content (AvgIpc) is 2.45. The van der Waals surface area contributed by atoms with Crippen LogP contribution in [0.2, 0.25) is 10.0 Å². The average molecular weight is 327 g/mol. The first-order chi connectivity index (χ1) is 10.1. The molecule has 0 unspecified atom stereocenters. The van der Waals surface area contributed by atoms with E-state index in [2.05, 4.69) is 10.3 Å². The highest BCUT2D eigenvalue weighted by Gasteiger charge is 2.15. The molecule has 112 valence electrons. The van der Waals surface area contributed by atoms with Crippen LogP contribution in [0.3, 0.4) is 0 Å². The number of ether oxygens (including phenoxy) is 1. The second-order valence-electron chi connectivity index (χ2n) is 4.58. The van der Waals surface area contributed by atoms with Gasteiger partial charge in [0.05, 0.1) is 17.1 Å². The maximum Gasteiger partial charge on any atom is 0.357 e. The molecule has 0 aliphatic rings. The van der Waals surface area contributed by atoms with Crippen LogP contribution in [0.25, 0.3) is 10.9 Å². The van der Waals surface area contributed by atoms with Crippen molar-refractivity contribution in [2.45, 2.75) is 19.8 Å². The standard InChI is InChI=1S/C15H16Cl2N2O2/c1-3-4-5-21-15(20)13-8-11(18-2)14-10(17)6-9(16)7-12(14)19-13/h6-8H,3-5H2,1-2H3,(H,18,19). The molecule has 0 radical (unpaired) electrons. The largest absolute Gasteiger partial charge is 0.461 e. The first-order valence-electron chi connectivity index (χ1n) is 6.71. The first-order valence-corrected chi connectivity index (χ1v) is 7.47. The van der Waals surface area contributed by atoms with Crippen LogP contribution in [0.4, 0.5) is 5.69 Å². The Morgan fingerprint density at radius 2 is 2.10 bits per heavy atom. The highest BCUT2D eigenvalue weighted by molar-refractivity contribution is 6.39. The molecule has 0 bridgehead atoms. The van der Waals surface area contributed by atoms with Gasteiger partial charge in [-0.3, -0.25) is 0 Å². The number of halogens is 2. The molecule has 0 fully saturated rings. The summed E-state index contributed by atoms with van der Waals surface area (Å²) in [5.74, 6) is -0.446. The Morgan fingerprint density at radius 3 is 2.76 bits per heavy atom. The van der Waals surface area contributed by atoms with E-state index in [4.69, 9.17) is 27.9 Å². The van der Waals surface area contributed by atoms with Crippen molar-refractivity contribution in [1.29, 1.82) is 0 Å². The second-order valence-corrected chi connectivity index (χ2v) is 5.42. The lowest BCUT2D eigenvalue weighted by atomic mass is 10.1. The summed E-state index contributed by atoms with van der Waals surface area (Å²) in [6, 6.07) is 4.95. The number of hydrogen-bond acceptors (Lipinski definition) is 4. The van der Waals surface area contributed by atoms with Gasteiger partial charge < -0.3 is 10.1 Å². The van der Waals surface area contributed by atoms with E-state index in [-0.39, 0.29) is 5.69 Å². The topological polar surface area (TPSA) is 51.2 Å². The van der Waals surface area contributed by atoms with Crippen molar-refractivity contribution in [3.63, 3.8) is 0 Å². The summed E-state index contributed by atoms with van der Waals surface area (Å²) in [7, 11) is 1.76. The van der Waals surface area contributed by atoms with Crippen LogP contribution in [0, 0.1) is 0 Å². The number of anilines is 1. The third kappa shape index (κ3) is 3.57. The summed E-state index contributed by atoms with van der Waals surface area (Å²) in [6.07, 6.45) is 1.79. The highest BCUT2D eigenvalue weighted by atomic mass is 35.5. The Labute approximate surface area is 133 Å². The Balaban J connectivity index is 2.45. The molecule has 0 atom stereocenters. The summed E-state index contributed by atoms with van der Waals surface area (Å²) in [5.41, 5.74) is 1.51. The fraction of sp³-hybridized carbons (Fsp3) is 0.333. The molecule has 0 spiro atoms. The number of esters is 1. The molecule has 1 aromatic carbocycles. The van der Waals surface area contributed by atoms with Gasteiger partial charge in [-0.15, -0.1) is 0 Å². The van der Waals surface area contributed by atoms with E-state index in [1.165, 1.54) is 0 Å². The number of rotatable bonds is 5. The number of fused-ring (bicyclic) bond motifs is 1. The van der Waals surface area contributed by atoms with Crippen LogP contribution >= 0.6 is 23.2 Å². The third-order valence-corrected chi connectivity index (χ3v) is 3.55. The molecular weight excluding hydrogens is 311 g/mol. The number of unbranched alkanes of at least 4 members (excludes halogenated alkanes) is 1. The van der Waals surface area contributed by atoms with Crippen molar-refractivity contribution < 1.29 is 9.53 Å². The predicted molar refractivity (Wildman–Crippen MR) is 86.5 cm³/mol. The Bertz CT molecular complexity index is 674. The Morgan fingerprint density at radius 1 is 1.33 bits per heavy atom. The normalized spacial score (nSPS) is 10.7. The van der Waals surface area contributed by atoms with Gasteiger partial charge in [-0.2, -0.15) is 0 Å². The maximum absolute atomic E-state index is 12.0. The van der Waals surface area contributed by atoms with Gasteiger partial charge in [0.1, 0.15) is 0 Å². The van der Waals surface area contributed by atoms with Crippen LogP contribution < -0.4 is 5.32 Å². The molecule has 0 amide bonds. The van der Waals surface area contributed by atoms with Crippen LogP contribution in [0.5, 0.6) is 0 Å². The minimum absolute atomic E-state index is 0.237. The number of hydrogen-bond donors (Lipinski definition) is 1. The van der Waals surface area contributed by atoms with Crippen molar-refractivity contribution in [3.8, 4) is 0 Å². The lowest BCUT2D eigenvalue weighted by Gasteiger charge is -2.11. The molecule has 2 rings (SSSR count). The van der Waals surface area contributed by atoms with E-state index in [1.807, 2.05) is 6.92 Å². The third-order valence-electron chi connectivity index (χ3n) is 3.04. The lowest BCUT2D eigenvalue weighted by Crippen LogP contribution is -2.09. The smallest absolute Gasteiger partial charge is 0.357 e. The number of aromatic nitrogens is 1. The van der Waals surface area contributed by atoms with Crippen molar-refractivity contribution >= 4 is 45.8 Å². The zero-order valence-corrected chi connectivity index (χ0v) is 13.4. The molecule has 0 saturated heterocycles. The lowest BCUT2D eigenvalue weighted by molar-refractivity contribution is 0.0493. The zero-order chi connectivity index (χ0) is 15.4. The van der Waals surface area contributed by atoms with E-state index in [0.29, 0.717) is 27.9 Å². The molecule has 4 nitrogen and oxygen atoms in total. The van der Waals surface area contributed by atoms with E-state index in [9.17, 15) is 4.79 Å².